The van der Waals surface area contributed by atoms with Gasteiger partial charge in [-0.3, -0.25) is 4.79 Å². The predicted octanol–water partition coefficient (Wildman–Crippen LogP) is 3.76. The van der Waals surface area contributed by atoms with Gasteiger partial charge < -0.3 is 9.15 Å². The molecule has 0 radical (unpaired) electrons. The fraction of sp³-hybridized carbons (Fsp3) is 0.412. The van der Waals surface area contributed by atoms with Gasteiger partial charge in [0.2, 0.25) is 0 Å². The highest BCUT2D eigenvalue weighted by Crippen LogP contribution is 2.25. The van der Waals surface area contributed by atoms with Gasteiger partial charge in [0.25, 0.3) is 0 Å². The van der Waals surface area contributed by atoms with Crippen LogP contribution in [0.15, 0.2) is 27.4 Å². The summed E-state index contributed by atoms with van der Waals surface area (Å²) in [4.78, 5) is 23.1. The summed E-state index contributed by atoms with van der Waals surface area (Å²) in [6.07, 6.45) is 3.94. The number of aryl methyl sites for hydroxylation is 1. The molecule has 0 aliphatic carbocycles. The molecule has 0 spiro atoms. The first kappa shape index (κ1) is 15.3. The molecule has 112 valence electrons. The highest BCUT2D eigenvalue weighted by atomic mass is 16.5. The Morgan fingerprint density at radius 3 is 2.71 bits per heavy atom. The number of unbranched alkanes of at least 4 members (excludes halogenated alkanes) is 2. The molecule has 0 saturated carbocycles. The molecule has 0 saturated heterocycles. The van der Waals surface area contributed by atoms with Crippen molar-refractivity contribution >= 4 is 16.9 Å². The van der Waals surface area contributed by atoms with Gasteiger partial charge in [0.15, 0.2) is 0 Å². The summed E-state index contributed by atoms with van der Waals surface area (Å²) in [7, 11) is 0. The smallest absolute Gasteiger partial charge is 0.339 e. The zero-order valence-electron chi connectivity index (χ0n) is 12.7. The van der Waals surface area contributed by atoms with E-state index >= 15 is 0 Å². The topological polar surface area (TPSA) is 56.5 Å². The van der Waals surface area contributed by atoms with E-state index in [2.05, 4.69) is 6.92 Å². The average Bonchev–Trinajstić information content (AvgIpc) is 2.41. The quantitative estimate of drug-likeness (QED) is 0.364. The number of benzene rings is 1. The Labute approximate surface area is 123 Å². The number of fused-ring (bicyclic) bond motifs is 1. The summed E-state index contributed by atoms with van der Waals surface area (Å²) in [6, 6.07) is 5.13. The third-order valence-corrected chi connectivity index (χ3v) is 3.55. The largest absolute Gasteiger partial charge is 0.427 e. The highest BCUT2D eigenvalue weighted by molar-refractivity contribution is 5.83. The van der Waals surface area contributed by atoms with Crippen LogP contribution in [0.4, 0.5) is 0 Å². The molecular weight excluding hydrogens is 268 g/mol. The van der Waals surface area contributed by atoms with Crippen molar-refractivity contribution in [1.82, 2.24) is 0 Å². The van der Waals surface area contributed by atoms with Gasteiger partial charge >= 0.3 is 11.6 Å². The molecule has 4 nitrogen and oxygen atoms in total. The van der Waals surface area contributed by atoms with Crippen LogP contribution in [-0.4, -0.2) is 5.97 Å². The van der Waals surface area contributed by atoms with Gasteiger partial charge in [0, 0.05) is 23.9 Å². The van der Waals surface area contributed by atoms with E-state index in [1.807, 2.05) is 13.0 Å². The summed E-state index contributed by atoms with van der Waals surface area (Å²) in [5.41, 5.74) is 1.86. The van der Waals surface area contributed by atoms with Crippen molar-refractivity contribution in [3.8, 4) is 5.75 Å². The first-order chi connectivity index (χ1) is 10.0. The molecular formula is C17H20O4. The van der Waals surface area contributed by atoms with Gasteiger partial charge in [-0.2, -0.15) is 0 Å². The highest BCUT2D eigenvalue weighted by Gasteiger charge is 2.12. The Bertz CT molecular complexity index is 713. The van der Waals surface area contributed by atoms with Crippen LogP contribution in [-0.2, 0) is 11.2 Å². The van der Waals surface area contributed by atoms with Crippen LogP contribution in [0.3, 0.4) is 0 Å². The zero-order valence-corrected chi connectivity index (χ0v) is 12.7. The molecule has 1 aromatic carbocycles. The standard InChI is InChI=1S/C17H20O4/c1-4-5-6-7-15-11(2)14-9-8-13(20-12(3)18)10-16(14)21-17(15)19/h8-10H,4-7H2,1-3H3. The van der Waals surface area contributed by atoms with E-state index in [0.29, 0.717) is 11.3 Å². The lowest BCUT2D eigenvalue weighted by atomic mass is 10.0. The van der Waals surface area contributed by atoms with E-state index < -0.39 is 5.97 Å². The number of carbonyl (C=O) groups is 1. The van der Waals surface area contributed by atoms with E-state index in [0.717, 1.165) is 42.2 Å². The van der Waals surface area contributed by atoms with Gasteiger partial charge in [0.1, 0.15) is 11.3 Å². The zero-order chi connectivity index (χ0) is 15.4. The van der Waals surface area contributed by atoms with Crippen molar-refractivity contribution in [3.05, 3.63) is 39.7 Å². The number of ether oxygens (including phenoxy) is 1. The van der Waals surface area contributed by atoms with E-state index in [1.165, 1.54) is 6.92 Å². The Balaban J connectivity index is 2.42. The second-order valence-electron chi connectivity index (χ2n) is 5.20. The minimum absolute atomic E-state index is 0.295. The molecule has 1 heterocycles. The second kappa shape index (κ2) is 6.57. The fourth-order valence-electron chi connectivity index (χ4n) is 2.44. The fourth-order valence-corrected chi connectivity index (χ4v) is 2.44. The van der Waals surface area contributed by atoms with Gasteiger partial charge in [-0.25, -0.2) is 4.79 Å². The van der Waals surface area contributed by atoms with Crippen LogP contribution in [0.5, 0.6) is 5.75 Å². The molecule has 2 rings (SSSR count). The summed E-state index contributed by atoms with van der Waals surface area (Å²) >= 11 is 0. The van der Waals surface area contributed by atoms with Crippen LogP contribution in [0.25, 0.3) is 11.0 Å². The molecule has 0 bridgehead atoms. The van der Waals surface area contributed by atoms with Gasteiger partial charge in [-0.15, -0.1) is 0 Å². The molecule has 2 aromatic rings. The SMILES string of the molecule is CCCCCc1c(C)c2ccc(OC(C)=O)cc2oc1=O. The Morgan fingerprint density at radius 1 is 1.29 bits per heavy atom. The maximum atomic E-state index is 12.1. The summed E-state index contributed by atoms with van der Waals surface area (Å²) in [6.45, 7) is 5.40. The summed E-state index contributed by atoms with van der Waals surface area (Å²) < 4.78 is 10.4. The minimum Gasteiger partial charge on any atom is -0.427 e. The first-order valence-electron chi connectivity index (χ1n) is 7.27. The van der Waals surface area contributed by atoms with Crippen molar-refractivity contribution in [2.45, 2.75) is 46.5 Å². The molecule has 0 aliphatic rings. The van der Waals surface area contributed by atoms with Gasteiger partial charge in [-0.05, 0) is 37.5 Å². The van der Waals surface area contributed by atoms with Gasteiger partial charge in [-0.1, -0.05) is 19.8 Å². The van der Waals surface area contributed by atoms with Crippen LogP contribution in [0, 0.1) is 6.92 Å². The van der Waals surface area contributed by atoms with Crippen LogP contribution in [0.1, 0.15) is 44.2 Å². The Morgan fingerprint density at radius 2 is 2.05 bits per heavy atom. The van der Waals surface area contributed by atoms with Crippen molar-refractivity contribution in [3.63, 3.8) is 0 Å². The Hall–Kier alpha value is -2.10. The molecule has 1 aromatic heterocycles. The molecule has 0 atom stereocenters. The van der Waals surface area contributed by atoms with Crippen molar-refractivity contribution in [2.24, 2.45) is 0 Å². The lowest BCUT2D eigenvalue weighted by Crippen LogP contribution is -2.10. The maximum absolute atomic E-state index is 12.1. The third kappa shape index (κ3) is 3.51. The van der Waals surface area contributed by atoms with E-state index in [9.17, 15) is 9.59 Å². The van der Waals surface area contributed by atoms with Crippen LogP contribution >= 0.6 is 0 Å². The number of hydrogen-bond donors (Lipinski definition) is 0. The molecule has 0 aliphatic heterocycles. The maximum Gasteiger partial charge on any atom is 0.339 e. The number of hydrogen-bond acceptors (Lipinski definition) is 4. The molecule has 0 N–H and O–H groups in total. The average molecular weight is 288 g/mol. The van der Waals surface area contributed by atoms with E-state index in [4.69, 9.17) is 9.15 Å². The summed E-state index contributed by atoms with van der Waals surface area (Å²) in [5.74, 6) is -0.0131. The molecule has 0 fully saturated rings. The van der Waals surface area contributed by atoms with Crippen LogP contribution < -0.4 is 10.4 Å². The molecule has 0 amide bonds. The molecule has 0 unspecified atom stereocenters. The normalized spacial score (nSPS) is 10.8. The predicted molar refractivity (Wildman–Crippen MR) is 81.8 cm³/mol. The van der Waals surface area contributed by atoms with E-state index in [-0.39, 0.29) is 5.63 Å². The molecule has 21 heavy (non-hydrogen) atoms. The van der Waals surface area contributed by atoms with Crippen molar-refractivity contribution in [2.75, 3.05) is 0 Å². The monoisotopic (exact) mass is 288 g/mol. The second-order valence-corrected chi connectivity index (χ2v) is 5.20. The third-order valence-electron chi connectivity index (χ3n) is 3.55. The number of esters is 1. The van der Waals surface area contributed by atoms with Crippen molar-refractivity contribution < 1.29 is 13.9 Å². The summed E-state index contributed by atoms with van der Waals surface area (Å²) in [5, 5.41) is 0.886. The van der Waals surface area contributed by atoms with E-state index in [1.54, 1.807) is 12.1 Å². The minimum atomic E-state index is -0.399. The first-order valence-corrected chi connectivity index (χ1v) is 7.27. The van der Waals surface area contributed by atoms with Crippen molar-refractivity contribution in [1.29, 1.82) is 0 Å². The lowest BCUT2D eigenvalue weighted by Gasteiger charge is -2.08. The Kier molecular flexibility index (Phi) is 4.78. The molecule has 4 heteroatoms. The van der Waals surface area contributed by atoms with Gasteiger partial charge in [0.05, 0.1) is 0 Å². The lowest BCUT2D eigenvalue weighted by molar-refractivity contribution is -0.131. The number of carbonyl (C=O) groups excluding carboxylic acids is 1. The van der Waals surface area contributed by atoms with Crippen LogP contribution in [0.2, 0.25) is 0 Å². The number of rotatable bonds is 5.